The normalized spacial score (nSPS) is 10.8. The van der Waals surface area contributed by atoms with Gasteiger partial charge in [0.15, 0.2) is 5.82 Å². The van der Waals surface area contributed by atoms with Crippen molar-refractivity contribution in [3.63, 3.8) is 0 Å². The van der Waals surface area contributed by atoms with Crippen LogP contribution in [-0.2, 0) is 0 Å². The van der Waals surface area contributed by atoms with E-state index >= 15 is 0 Å². The van der Waals surface area contributed by atoms with Crippen molar-refractivity contribution in [3.05, 3.63) is 83.1 Å². The Kier molecular flexibility index (Phi) is 4.15. The molecule has 0 radical (unpaired) electrons. The number of hydrogen-bond donors (Lipinski definition) is 1. The second-order valence-corrected chi connectivity index (χ2v) is 6.47. The Bertz CT molecular complexity index is 1030. The van der Waals surface area contributed by atoms with Gasteiger partial charge >= 0.3 is 0 Å². The van der Waals surface area contributed by atoms with E-state index in [4.69, 9.17) is 0 Å². The molecule has 0 saturated heterocycles. The van der Waals surface area contributed by atoms with Gasteiger partial charge in [-0.25, -0.2) is 14.4 Å². The molecule has 25 heavy (non-hydrogen) atoms. The third-order valence-electron chi connectivity index (χ3n) is 3.81. The van der Waals surface area contributed by atoms with Crippen LogP contribution in [-0.4, -0.2) is 9.97 Å². The monoisotopic (exact) mass is 393 g/mol. The lowest BCUT2D eigenvalue weighted by atomic mass is 10.2. The Morgan fingerprint density at radius 2 is 1.52 bits per heavy atom. The molecule has 0 spiro atoms. The van der Waals surface area contributed by atoms with Crippen LogP contribution in [0.2, 0.25) is 0 Å². The van der Waals surface area contributed by atoms with Crippen LogP contribution in [0, 0.1) is 5.82 Å². The van der Waals surface area contributed by atoms with Gasteiger partial charge in [-0.2, -0.15) is 0 Å². The second-order valence-electron chi connectivity index (χ2n) is 5.55. The zero-order valence-corrected chi connectivity index (χ0v) is 14.7. The Hall–Kier alpha value is -2.79. The second kappa shape index (κ2) is 6.61. The molecule has 1 aromatic heterocycles. The summed E-state index contributed by atoms with van der Waals surface area (Å²) in [6.45, 7) is 0. The van der Waals surface area contributed by atoms with Gasteiger partial charge in [-0.15, -0.1) is 0 Å². The maximum absolute atomic E-state index is 13.1. The van der Waals surface area contributed by atoms with Gasteiger partial charge in [-0.05, 0) is 48.5 Å². The number of para-hydroxylation sites is 1. The molecule has 0 atom stereocenters. The summed E-state index contributed by atoms with van der Waals surface area (Å²) in [7, 11) is 0. The van der Waals surface area contributed by atoms with E-state index in [0.29, 0.717) is 11.6 Å². The summed E-state index contributed by atoms with van der Waals surface area (Å²) in [5.74, 6) is 1.06. The molecule has 0 saturated carbocycles. The molecule has 4 rings (SSSR count). The number of rotatable bonds is 3. The number of anilines is 2. The highest BCUT2D eigenvalue weighted by molar-refractivity contribution is 9.10. The Morgan fingerprint density at radius 3 is 2.28 bits per heavy atom. The molecule has 4 aromatic rings. The van der Waals surface area contributed by atoms with E-state index in [1.165, 1.54) is 12.1 Å². The zero-order valence-electron chi connectivity index (χ0n) is 13.1. The number of fused-ring (bicyclic) bond motifs is 1. The fourth-order valence-electron chi connectivity index (χ4n) is 2.57. The van der Waals surface area contributed by atoms with E-state index in [-0.39, 0.29) is 5.82 Å². The predicted octanol–water partition coefficient (Wildman–Crippen LogP) is 5.94. The number of benzene rings is 3. The Labute approximate surface area is 152 Å². The first-order valence-corrected chi connectivity index (χ1v) is 8.54. The minimum absolute atomic E-state index is 0.270. The highest BCUT2D eigenvalue weighted by Gasteiger charge is 2.09. The van der Waals surface area contributed by atoms with Gasteiger partial charge in [-0.1, -0.05) is 40.2 Å². The third-order valence-corrected chi connectivity index (χ3v) is 4.34. The molecule has 1 N–H and O–H groups in total. The molecule has 1 heterocycles. The van der Waals surface area contributed by atoms with Gasteiger partial charge in [0.05, 0.1) is 5.52 Å². The fourth-order valence-corrected chi connectivity index (χ4v) is 2.83. The van der Waals surface area contributed by atoms with Gasteiger partial charge in [-0.3, -0.25) is 0 Å². The summed E-state index contributed by atoms with van der Waals surface area (Å²) in [6.07, 6.45) is 0. The first-order valence-electron chi connectivity index (χ1n) is 7.74. The van der Waals surface area contributed by atoms with Crippen molar-refractivity contribution in [2.75, 3.05) is 5.32 Å². The summed E-state index contributed by atoms with van der Waals surface area (Å²) < 4.78 is 14.1. The number of nitrogens with zero attached hydrogens (tertiary/aromatic N) is 2. The highest BCUT2D eigenvalue weighted by atomic mass is 79.9. The van der Waals surface area contributed by atoms with Gasteiger partial charge in [0.2, 0.25) is 0 Å². The molecule has 0 aliphatic carbocycles. The largest absolute Gasteiger partial charge is 0.340 e. The first kappa shape index (κ1) is 15.7. The molecule has 3 nitrogen and oxygen atoms in total. The molecule has 0 amide bonds. The summed E-state index contributed by atoms with van der Waals surface area (Å²) in [4.78, 5) is 9.35. The predicted molar refractivity (Wildman–Crippen MR) is 102 cm³/mol. The lowest BCUT2D eigenvalue weighted by molar-refractivity contribution is 0.628. The molecule has 3 aromatic carbocycles. The first-order chi connectivity index (χ1) is 12.2. The van der Waals surface area contributed by atoms with Gasteiger partial charge in [0, 0.05) is 21.1 Å². The van der Waals surface area contributed by atoms with Gasteiger partial charge < -0.3 is 5.32 Å². The van der Waals surface area contributed by atoms with Crippen molar-refractivity contribution in [1.82, 2.24) is 9.97 Å². The molecule has 0 bridgehead atoms. The number of nitrogens with one attached hydrogen (secondary N) is 1. The number of hydrogen-bond acceptors (Lipinski definition) is 3. The van der Waals surface area contributed by atoms with E-state index < -0.39 is 0 Å². The van der Waals surface area contributed by atoms with Crippen molar-refractivity contribution in [1.29, 1.82) is 0 Å². The SMILES string of the molecule is Fc1ccc(Nc2nc(-c3ccc(Br)cc3)nc3ccccc23)cc1. The van der Waals surface area contributed by atoms with Crippen LogP contribution in [0.5, 0.6) is 0 Å². The molecule has 0 aliphatic rings. The highest BCUT2D eigenvalue weighted by Crippen LogP contribution is 2.28. The molecule has 5 heteroatoms. The summed E-state index contributed by atoms with van der Waals surface area (Å²) in [5, 5.41) is 4.18. The molecule has 0 unspecified atom stereocenters. The van der Waals surface area contributed by atoms with Crippen molar-refractivity contribution < 1.29 is 4.39 Å². The lowest BCUT2D eigenvalue weighted by Crippen LogP contribution is -1.99. The van der Waals surface area contributed by atoms with Crippen molar-refractivity contribution >= 4 is 38.3 Å². The van der Waals surface area contributed by atoms with Crippen molar-refractivity contribution in [3.8, 4) is 11.4 Å². The van der Waals surface area contributed by atoms with Crippen LogP contribution in [0.1, 0.15) is 0 Å². The molecule has 122 valence electrons. The zero-order chi connectivity index (χ0) is 17.2. The van der Waals surface area contributed by atoms with Crippen molar-refractivity contribution in [2.24, 2.45) is 0 Å². The molecular formula is C20H13BrFN3. The topological polar surface area (TPSA) is 37.8 Å². The smallest absolute Gasteiger partial charge is 0.162 e. The minimum atomic E-state index is -0.270. The van der Waals surface area contributed by atoms with E-state index in [1.807, 2.05) is 48.5 Å². The average Bonchev–Trinajstić information content (AvgIpc) is 2.64. The lowest BCUT2D eigenvalue weighted by Gasteiger charge is -2.11. The van der Waals surface area contributed by atoms with E-state index in [9.17, 15) is 4.39 Å². The maximum atomic E-state index is 13.1. The standard InChI is InChI=1S/C20H13BrFN3/c21-14-7-5-13(6-8-14)19-24-18-4-2-1-3-17(18)20(25-19)23-16-11-9-15(22)10-12-16/h1-12H,(H,23,24,25). The van der Waals surface area contributed by atoms with Crippen LogP contribution in [0.3, 0.4) is 0 Å². The van der Waals surface area contributed by atoms with Gasteiger partial charge in [0.25, 0.3) is 0 Å². The molecule has 0 fully saturated rings. The van der Waals surface area contributed by atoms with Crippen LogP contribution < -0.4 is 5.32 Å². The van der Waals surface area contributed by atoms with Gasteiger partial charge in [0.1, 0.15) is 11.6 Å². The van der Waals surface area contributed by atoms with Crippen LogP contribution in [0.25, 0.3) is 22.3 Å². The maximum Gasteiger partial charge on any atom is 0.162 e. The molecule has 0 aliphatic heterocycles. The fraction of sp³-hybridized carbons (Fsp3) is 0. The van der Waals surface area contributed by atoms with Crippen LogP contribution in [0.15, 0.2) is 77.3 Å². The van der Waals surface area contributed by atoms with Crippen molar-refractivity contribution in [2.45, 2.75) is 0 Å². The van der Waals surface area contributed by atoms with Crippen LogP contribution in [0.4, 0.5) is 15.9 Å². The summed E-state index contributed by atoms with van der Waals surface area (Å²) >= 11 is 3.44. The van der Waals surface area contributed by atoms with E-state index in [2.05, 4.69) is 31.2 Å². The number of halogens is 2. The summed E-state index contributed by atoms with van der Waals surface area (Å²) in [5.41, 5.74) is 2.54. The Balaban J connectivity index is 1.83. The quantitative estimate of drug-likeness (QED) is 0.467. The molecular weight excluding hydrogens is 381 g/mol. The summed E-state index contributed by atoms with van der Waals surface area (Å²) in [6, 6.07) is 21.9. The average molecular weight is 394 g/mol. The minimum Gasteiger partial charge on any atom is -0.340 e. The number of aromatic nitrogens is 2. The Morgan fingerprint density at radius 1 is 0.800 bits per heavy atom. The van der Waals surface area contributed by atoms with Crippen LogP contribution >= 0.6 is 15.9 Å². The van der Waals surface area contributed by atoms with E-state index in [1.54, 1.807) is 12.1 Å². The van der Waals surface area contributed by atoms with E-state index in [0.717, 1.165) is 26.6 Å². The third kappa shape index (κ3) is 3.37.